The summed E-state index contributed by atoms with van der Waals surface area (Å²) in [6, 6.07) is 10.4. The molecule has 2 aromatic carbocycles. The molecule has 0 heterocycles. The van der Waals surface area contributed by atoms with Crippen LogP contribution >= 0.6 is 11.6 Å². The maximum Gasteiger partial charge on any atom is 0.340 e. The van der Waals surface area contributed by atoms with Crippen LogP contribution in [0.15, 0.2) is 41.3 Å². The summed E-state index contributed by atoms with van der Waals surface area (Å²) in [6.07, 6.45) is 0.377. The maximum absolute atomic E-state index is 13.5. The van der Waals surface area contributed by atoms with E-state index in [-0.39, 0.29) is 46.3 Å². The lowest BCUT2D eigenvalue weighted by Crippen LogP contribution is -2.33. The summed E-state index contributed by atoms with van der Waals surface area (Å²) in [5, 5.41) is 9.12. The van der Waals surface area contributed by atoms with Crippen LogP contribution in [0.5, 0.6) is 11.5 Å². The molecule has 0 N–H and O–H groups in total. The van der Waals surface area contributed by atoms with Crippen molar-refractivity contribution in [2.45, 2.75) is 17.7 Å². The number of esters is 1. The largest absolute Gasteiger partial charge is 0.493 e. The number of carbonyl (C=O) groups is 1. The Bertz CT molecular complexity index is 1070. The van der Waals surface area contributed by atoms with Crippen LogP contribution in [0.3, 0.4) is 0 Å². The summed E-state index contributed by atoms with van der Waals surface area (Å²) in [5.74, 6) is -0.116. The third-order valence-electron chi connectivity index (χ3n) is 4.23. The number of benzene rings is 2. The molecule has 0 atom stereocenters. The molecule has 0 unspecified atom stereocenters. The van der Waals surface area contributed by atoms with Gasteiger partial charge in [0.2, 0.25) is 0 Å². The summed E-state index contributed by atoms with van der Waals surface area (Å²) in [4.78, 5) is 12.2. The highest BCUT2D eigenvalue weighted by Gasteiger charge is 2.29. The van der Waals surface area contributed by atoms with Gasteiger partial charge in [0.1, 0.15) is 0 Å². The average Bonchev–Trinajstić information content (AvgIpc) is 2.75. The highest BCUT2D eigenvalue weighted by Crippen LogP contribution is 2.34. The quantitative estimate of drug-likeness (QED) is 0.422. The fourth-order valence-corrected chi connectivity index (χ4v) is 4.47. The van der Waals surface area contributed by atoms with Crippen molar-refractivity contribution >= 4 is 33.3 Å². The molecule has 8 nitrogen and oxygen atoms in total. The zero-order valence-electron chi connectivity index (χ0n) is 16.7. The SMILES string of the molecule is COC(=O)c1ccc(Cl)cc1N(CCCC#N)S(=O)(=O)c1ccc(OC)c(OC)c1. The van der Waals surface area contributed by atoms with Gasteiger partial charge >= 0.3 is 5.97 Å². The van der Waals surface area contributed by atoms with Crippen LogP contribution in [0.4, 0.5) is 5.69 Å². The topological polar surface area (TPSA) is 106 Å². The first-order valence-electron chi connectivity index (χ1n) is 8.79. The third kappa shape index (κ3) is 4.96. The van der Waals surface area contributed by atoms with E-state index >= 15 is 0 Å². The zero-order valence-corrected chi connectivity index (χ0v) is 18.3. The monoisotopic (exact) mass is 452 g/mol. The van der Waals surface area contributed by atoms with Crippen LogP contribution in [0.1, 0.15) is 23.2 Å². The molecule has 0 aromatic heterocycles. The molecular formula is C20H21ClN2O6S. The van der Waals surface area contributed by atoms with Gasteiger partial charge in [-0.1, -0.05) is 11.6 Å². The number of hydrogen-bond donors (Lipinski definition) is 0. The first kappa shape index (κ1) is 23.3. The zero-order chi connectivity index (χ0) is 22.3. The van der Waals surface area contributed by atoms with Gasteiger partial charge < -0.3 is 14.2 Å². The fraction of sp³-hybridized carbons (Fsp3) is 0.300. The lowest BCUT2D eigenvalue weighted by Gasteiger charge is -2.26. The van der Waals surface area contributed by atoms with E-state index in [1.165, 1.54) is 57.7 Å². The Morgan fingerprint density at radius 1 is 1.10 bits per heavy atom. The van der Waals surface area contributed by atoms with Crippen LogP contribution in [-0.4, -0.2) is 42.3 Å². The third-order valence-corrected chi connectivity index (χ3v) is 6.27. The molecule has 0 spiro atoms. The van der Waals surface area contributed by atoms with Gasteiger partial charge in [0.05, 0.1) is 43.5 Å². The Hall–Kier alpha value is -2.96. The van der Waals surface area contributed by atoms with E-state index in [1.54, 1.807) is 0 Å². The summed E-state index contributed by atoms with van der Waals surface area (Å²) >= 11 is 6.09. The molecule has 10 heteroatoms. The molecule has 0 saturated carbocycles. The number of nitriles is 1. The number of sulfonamides is 1. The molecule has 0 aliphatic carbocycles. The molecule has 0 amide bonds. The van der Waals surface area contributed by atoms with E-state index in [4.69, 9.17) is 31.1 Å². The second kappa shape index (κ2) is 10.2. The maximum atomic E-state index is 13.5. The van der Waals surface area contributed by atoms with Crippen LogP contribution in [0.2, 0.25) is 5.02 Å². The van der Waals surface area contributed by atoms with Crippen LogP contribution in [0, 0.1) is 11.3 Å². The number of unbranched alkanes of at least 4 members (excludes halogenated alkanes) is 1. The van der Waals surface area contributed by atoms with Gasteiger partial charge in [-0.25, -0.2) is 13.2 Å². The van der Waals surface area contributed by atoms with Crippen molar-refractivity contribution in [3.8, 4) is 17.6 Å². The summed E-state index contributed by atoms with van der Waals surface area (Å²) in [5.41, 5.74) is 0.0879. The Morgan fingerprint density at radius 2 is 1.80 bits per heavy atom. The van der Waals surface area contributed by atoms with Gasteiger partial charge in [-0.15, -0.1) is 0 Å². The van der Waals surface area contributed by atoms with E-state index in [2.05, 4.69) is 0 Å². The van der Waals surface area contributed by atoms with Crippen LogP contribution in [0.25, 0.3) is 0 Å². The first-order valence-corrected chi connectivity index (χ1v) is 10.6. The van der Waals surface area contributed by atoms with Gasteiger partial charge in [0, 0.05) is 24.1 Å². The number of carbonyl (C=O) groups excluding carboxylic acids is 1. The molecule has 2 aromatic rings. The van der Waals surface area contributed by atoms with Crippen LogP contribution < -0.4 is 13.8 Å². The molecular weight excluding hydrogens is 432 g/mol. The first-order chi connectivity index (χ1) is 14.3. The minimum atomic E-state index is -4.15. The molecule has 2 rings (SSSR count). The Kier molecular flexibility index (Phi) is 7.92. The van der Waals surface area contributed by atoms with Crippen molar-refractivity contribution in [2.24, 2.45) is 0 Å². The van der Waals surface area contributed by atoms with Gasteiger partial charge in [0.15, 0.2) is 11.5 Å². The van der Waals surface area contributed by atoms with Crippen molar-refractivity contribution in [2.75, 3.05) is 32.2 Å². The summed E-state index contributed by atoms with van der Waals surface area (Å²) < 4.78 is 43.2. The van der Waals surface area contributed by atoms with E-state index in [9.17, 15) is 13.2 Å². The van der Waals surface area contributed by atoms with Gasteiger partial charge in [-0.3, -0.25) is 4.31 Å². The number of hydrogen-bond acceptors (Lipinski definition) is 7. The number of anilines is 1. The van der Waals surface area contributed by atoms with Crippen molar-refractivity contribution in [1.82, 2.24) is 0 Å². The molecule has 0 saturated heterocycles. The highest BCUT2D eigenvalue weighted by molar-refractivity contribution is 7.92. The molecule has 0 aliphatic heterocycles. The number of rotatable bonds is 9. The van der Waals surface area contributed by atoms with Crippen molar-refractivity contribution < 1.29 is 27.4 Å². The van der Waals surface area contributed by atoms with E-state index in [0.29, 0.717) is 5.75 Å². The number of methoxy groups -OCH3 is 3. The lowest BCUT2D eigenvalue weighted by molar-refractivity contribution is 0.0601. The molecule has 30 heavy (non-hydrogen) atoms. The average molecular weight is 453 g/mol. The summed E-state index contributed by atoms with van der Waals surface area (Å²) in [7, 11) is -0.120. The number of nitrogens with zero attached hydrogens (tertiary/aromatic N) is 2. The molecule has 0 aliphatic rings. The highest BCUT2D eigenvalue weighted by atomic mass is 35.5. The van der Waals surface area contributed by atoms with Crippen molar-refractivity contribution in [1.29, 1.82) is 5.26 Å². The molecule has 160 valence electrons. The van der Waals surface area contributed by atoms with E-state index in [1.807, 2.05) is 6.07 Å². The van der Waals surface area contributed by atoms with Gasteiger partial charge in [-0.2, -0.15) is 5.26 Å². The standard InChI is InChI=1S/C20H21ClN2O6S/c1-27-18-9-7-15(13-19(18)28-2)30(25,26)23(11-5-4-10-22)17-12-14(21)6-8-16(17)20(24)29-3/h6-9,12-13H,4-5,11H2,1-3H3. The number of ether oxygens (including phenoxy) is 3. The number of halogens is 1. The molecule has 0 fully saturated rings. The van der Waals surface area contributed by atoms with Gasteiger partial charge in [0.25, 0.3) is 10.0 Å². The molecule has 0 bridgehead atoms. The van der Waals surface area contributed by atoms with Gasteiger partial charge in [-0.05, 0) is 36.8 Å². The van der Waals surface area contributed by atoms with E-state index < -0.39 is 16.0 Å². The fourth-order valence-electron chi connectivity index (χ4n) is 2.77. The smallest absolute Gasteiger partial charge is 0.340 e. The predicted octanol–water partition coefficient (Wildman–Crippen LogP) is 3.64. The Balaban J connectivity index is 2.67. The normalized spacial score (nSPS) is 10.8. The minimum absolute atomic E-state index is 0.0305. The lowest BCUT2D eigenvalue weighted by atomic mass is 10.1. The minimum Gasteiger partial charge on any atom is -0.493 e. The van der Waals surface area contributed by atoms with Crippen molar-refractivity contribution in [3.05, 3.63) is 47.0 Å². The van der Waals surface area contributed by atoms with Crippen molar-refractivity contribution in [3.63, 3.8) is 0 Å². The van der Waals surface area contributed by atoms with E-state index in [0.717, 1.165) is 4.31 Å². The summed E-state index contributed by atoms with van der Waals surface area (Å²) in [6.45, 7) is -0.0470. The van der Waals surface area contributed by atoms with Crippen LogP contribution in [-0.2, 0) is 14.8 Å². The molecule has 0 radical (unpaired) electrons. The second-order valence-electron chi connectivity index (χ2n) is 6.01. The Labute approximate surface area is 180 Å². The Morgan fingerprint density at radius 3 is 2.40 bits per heavy atom. The predicted molar refractivity (Wildman–Crippen MR) is 112 cm³/mol. The second-order valence-corrected chi connectivity index (χ2v) is 8.31.